The standard InChI is InChI=1S/C25H28N8O/c1-31-8-5-21(6-9-31)33(3)25-12-17(4-7-26-25)24(34)13-20-11-18-10-19(14-28-22(18)15-27-20)23-16-32(2)30-29-23/h4,7,10-12,14-16,21H,5-6,8-9,13H2,1-3H3. The fourth-order valence-electron chi connectivity index (χ4n) is 4.41. The van der Waals surface area contributed by atoms with E-state index in [4.69, 9.17) is 0 Å². The predicted octanol–water partition coefficient (Wildman–Crippen LogP) is 2.78. The molecular weight excluding hydrogens is 428 g/mol. The number of hydrogen-bond donors (Lipinski definition) is 0. The maximum atomic E-state index is 13.1. The van der Waals surface area contributed by atoms with Crippen molar-refractivity contribution in [1.82, 2.24) is 34.8 Å². The Morgan fingerprint density at radius 1 is 1.09 bits per heavy atom. The molecule has 34 heavy (non-hydrogen) atoms. The summed E-state index contributed by atoms with van der Waals surface area (Å²) in [5.74, 6) is 0.856. The van der Waals surface area contributed by atoms with Gasteiger partial charge in [0.15, 0.2) is 5.78 Å². The van der Waals surface area contributed by atoms with Gasteiger partial charge >= 0.3 is 0 Å². The number of nitrogens with zero attached hydrogens (tertiary/aromatic N) is 8. The number of hydrogen-bond acceptors (Lipinski definition) is 8. The molecule has 0 amide bonds. The number of anilines is 1. The Morgan fingerprint density at radius 3 is 2.68 bits per heavy atom. The van der Waals surface area contributed by atoms with Crippen molar-refractivity contribution < 1.29 is 4.79 Å². The van der Waals surface area contributed by atoms with Gasteiger partial charge in [0.2, 0.25) is 0 Å². The topological polar surface area (TPSA) is 92.9 Å². The number of likely N-dealkylation sites (tertiary alicyclic amines) is 1. The van der Waals surface area contributed by atoms with Crippen molar-refractivity contribution in [3.05, 3.63) is 60.3 Å². The minimum atomic E-state index is 0.0188. The molecule has 1 fully saturated rings. The van der Waals surface area contributed by atoms with Gasteiger partial charge in [-0.1, -0.05) is 5.21 Å². The van der Waals surface area contributed by atoms with Crippen molar-refractivity contribution >= 4 is 22.5 Å². The number of fused-ring (bicyclic) bond motifs is 1. The number of aromatic nitrogens is 6. The van der Waals surface area contributed by atoms with E-state index in [1.807, 2.05) is 31.4 Å². The molecule has 4 aromatic heterocycles. The molecule has 174 valence electrons. The zero-order valence-corrected chi connectivity index (χ0v) is 19.7. The summed E-state index contributed by atoms with van der Waals surface area (Å²) >= 11 is 0. The van der Waals surface area contributed by atoms with Crippen molar-refractivity contribution in [3.63, 3.8) is 0 Å². The lowest BCUT2D eigenvalue weighted by Crippen LogP contribution is -2.42. The van der Waals surface area contributed by atoms with Crippen LogP contribution in [0.25, 0.3) is 22.2 Å². The highest BCUT2D eigenvalue weighted by Gasteiger charge is 2.22. The molecule has 5 rings (SSSR count). The van der Waals surface area contributed by atoms with Gasteiger partial charge in [-0.2, -0.15) is 0 Å². The molecule has 1 saturated heterocycles. The first kappa shape index (κ1) is 22.1. The van der Waals surface area contributed by atoms with E-state index in [1.165, 1.54) is 0 Å². The average molecular weight is 457 g/mol. The number of piperidine rings is 1. The number of rotatable bonds is 6. The van der Waals surface area contributed by atoms with E-state index in [-0.39, 0.29) is 12.2 Å². The molecule has 0 atom stereocenters. The highest BCUT2D eigenvalue weighted by Crippen LogP contribution is 2.23. The molecule has 9 heteroatoms. The van der Waals surface area contributed by atoms with E-state index in [1.54, 1.807) is 29.3 Å². The highest BCUT2D eigenvalue weighted by atomic mass is 16.1. The van der Waals surface area contributed by atoms with Crippen molar-refractivity contribution in [1.29, 1.82) is 0 Å². The zero-order valence-electron chi connectivity index (χ0n) is 19.7. The summed E-state index contributed by atoms with van der Waals surface area (Å²) in [5, 5.41) is 9.06. The molecule has 9 nitrogen and oxygen atoms in total. The molecule has 0 N–H and O–H groups in total. The predicted molar refractivity (Wildman–Crippen MR) is 131 cm³/mol. The first-order chi connectivity index (χ1) is 16.5. The molecule has 0 unspecified atom stereocenters. The van der Waals surface area contributed by atoms with Crippen LogP contribution in [0.3, 0.4) is 0 Å². The lowest BCUT2D eigenvalue weighted by molar-refractivity contribution is 0.0992. The Labute approximate surface area is 198 Å². The van der Waals surface area contributed by atoms with E-state index < -0.39 is 0 Å². The molecule has 5 heterocycles. The number of carbonyl (C=O) groups is 1. The number of Topliss-reactive ketones (excluding diaryl/α,β-unsaturated/α-hetero) is 1. The minimum Gasteiger partial charge on any atom is -0.357 e. The fourth-order valence-corrected chi connectivity index (χ4v) is 4.41. The smallest absolute Gasteiger partial charge is 0.169 e. The van der Waals surface area contributed by atoms with Gasteiger partial charge in [0.05, 0.1) is 24.3 Å². The molecular formula is C25H28N8O. The SMILES string of the molecule is CN1CCC(N(C)c2cc(C(=O)Cc3cc4cc(-c5cn(C)nn5)cnc4cn3)ccn2)CC1. The molecule has 0 bridgehead atoms. The third-order valence-corrected chi connectivity index (χ3v) is 6.53. The second kappa shape index (κ2) is 9.26. The van der Waals surface area contributed by atoms with Crippen LogP contribution >= 0.6 is 0 Å². The second-order valence-electron chi connectivity index (χ2n) is 9.02. The molecule has 0 radical (unpaired) electrons. The highest BCUT2D eigenvalue weighted by molar-refractivity contribution is 5.98. The van der Waals surface area contributed by atoms with E-state index >= 15 is 0 Å². The third kappa shape index (κ3) is 4.65. The molecule has 0 spiro atoms. The van der Waals surface area contributed by atoms with E-state index in [0.29, 0.717) is 17.3 Å². The normalized spacial score (nSPS) is 15.0. The fraction of sp³-hybridized carbons (Fsp3) is 0.360. The largest absolute Gasteiger partial charge is 0.357 e. The van der Waals surface area contributed by atoms with Gasteiger partial charge in [-0.3, -0.25) is 19.4 Å². The van der Waals surface area contributed by atoms with Crippen LogP contribution in [0.1, 0.15) is 28.9 Å². The maximum absolute atomic E-state index is 13.1. The summed E-state index contributed by atoms with van der Waals surface area (Å²) in [6.07, 6.45) is 9.45. The Kier molecular flexibility index (Phi) is 6.02. The van der Waals surface area contributed by atoms with Crippen molar-refractivity contribution in [3.8, 4) is 11.3 Å². The van der Waals surface area contributed by atoms with E-state index in [9.17, 15) is 4.79 Å². The number of ketones is 1. The van der Waals surface area contributed by atoms with Crippen molar-refractivity contribution in [2.75, 3.05) is 32.1 Å². The number of pyridine rings is 3. The number of carbonyl (C=O) groups excluding carboxylic acids is 1. The van der Waals surface area contributed by atoms with E-state index in [0.717, 1.165) is 53.9 Å². The van der Waals surface area contributed by atoms with Crippen LogP contribution in [0.2, 0.25) is 0 Å². The van der Waals surface area contributed by atoms with Gasteiger partial charge in [0.25, 0.3) is 0 Å². The van der Waals surface area contributed by atoms with Gasteiger partial charge in [-0.25, -0.2) is 4.98 Å². The molecule has 4 aromatic rings. The Bertz CT molecular complexity index is 1330. The second-order valence-corrected chi connectivity index (χ2v) is 9.02. The quantitative estimate of drug-likeness (QED) is 0.409. The van der Waals surface area contributed by atoms with E-state index in [2.05, 4.69) is 49.2 Å². The van der Waals surface area contributed by atoms with Gasteiger partial charge in [0.1, 0.15) is 11.5 Å². The molecule has 1 aliphatic heterocycles. The zero-order chi connectivity index (χ0) is 23.7. The average Bonchev–Trinajstić information content (AvgIpc) is 3.30. The van der Waals surface area contributed by atoms with Gasteiger partial charge < -0.3 is 9.80 Å². The van der Waals surface area contributed by atoms with Gasteiger partial charge in [-0.15, -0.1) is 5.10 Å². The van der Waals surface area contributed by atoms with Crippen LogP contribution in [-0.4, -0.2) is 73.9 Å². The molecule has 0 aromatic carbocycles. The van der Waals surface area contributed by atoms with Crippen LogP contribution in [0.4, 0.5) is 5.82 Å². The first-order valence-corrected chi connectivity index (χ1v) is 11.5. The summed E-state index contributed by atoms with van der Waals surface area (Å²) in [6.45, 7) is 2.16. The van der Waals surface area contributed by atoms with Crippen LogP contribution in [0.15, 0.2) is 49.1 Å². The molecule has 1 aliphatic rings. The summed E-state index contributed by atoms with van der Waals surface area (Å²) in [6, 6.07) is 8.04. The maximum Gasteiger partial charge on any atom is 0.169 e. The first-order valence-electron chi connectivity index (χ1n) is 11.5. The third-order valence-electron chi connectivity index (χ3n) is 6.53. The van der Waals surface area contributed by atoms with Gasteiger partial charge in [-0.05, 0) is 57.2 Å². The summed E-state index contributed by atoms with van der Waals surface area (Å²) in [5.41, 5.74) is 3.76. The van der Waals surface area contributed by atoms with Crippen LogP contribution in [-0.2, 0) is 13.5 Å². The van der Waals surface area contributed by atoms with Crippen LogP contribution in [0, 0.1) is 0 Å². The Morgan fingerprint density at radius 2 is 1.91 bits per heavy atom. The van der Waals surface area contributed by atoms with Crippen LogP contribution in [0.5, 0.6) is 0 Å². The molecule has 0 aliphatic carbocycles. The summed E-state index contributed by atoms with van der Waals surface area (Å²) in [4.78, 5) is 31.1. The Hall–Kier alpha value is -3.72. The minimum absolute atomic E-state index is 0.0188. The lowest BCUT2D eigenvalue weighted by atomic mass is 10.0. The Balaban J connectivity index is 1.33. The van der Waals surface area contributed by atoms with Gasteiger partial charge in [0, 0.05) is 54.7 Å². The van der Waals surface area contributed by atoms with Crippen molar-refractivity contribution in [2.45, 2.75) is 25.3 Å². The molecule has 0 saturated carbocycles. The summed E-state index contributed by atoms with van der Waals surface area (Å²) in [7, 11) is 6.05. The lowest BCUT2D eigenvalue weighted by Gasteiger charge is -2.35. The van der Waals surface area contributed by atoms with Crippen LogP contribution < -0.4 is 4.90 Å². The number of aryl methyl sites for hydroxylation is 1. The van der Waals surface area contributed by atoms with Crippen molar-refractivity contribution in [2.24, 2.45) is 7.05 Å². The summed E-state index contributed by atoms with van der Waals surface area (Å²) < 4.78 is 1.66. The monoisotopic (exact) mass is 456 g/mol.